The lowest BCUT2D eigenvalue weighted by atomic mass is 10.1. The topological polar surface area (TPSA) is 43.8 Å². The molecule has 0 fully saturated rings. The molecule has 1 amide bonds. The molecule has 1 aliphatic heterocycles. The van der Waals surface area contributed by atoms with Gasteiger partial charge in [-0.05, 0) is 68.4 Å². The van der Waals surface area contributed by atoms with E-state index in [9.17, 15) is 9.90 Å². The molecule has 0 aromatic heterocycles. The molecule has 1 heterocycles. The quantitative estimate of drug-likeness (QED) is 0.622. The SMILES string of the molecule is CCN(CC)c1ccc(C(=O)N2c3ccccc3Sc3cc(O)ccc32)cc1. The second-order valence-electron chi connectivity index (χ2n) is 6.58. The van der Waals surface area contributed by atoms with Crippen LogP contribution < -0.4 is 9.80 Å². The Bertz CT molecular complexity index is 1010. The summed E-state index contributed by atoms with van der Waals surface area (Å²) in [5.41, 5.74) is 3.40. The van der Waals surface area contributed by atoms with Crippen LogP contribution in [0.1, 0.15) is 24.2 Å². The highest BCUT2D eigenvalue weighted by atomic mass is 32.2. The number of anilines is 3. The van der Waals surface area contributed by atoms with Crippen molar-refractivity contribution in [3.05, 3.63) is 72.3 Å². The van der Waals surface area contributed by atoms with Crippen LogP contribution in [-0.4, -0.2) is 24.1 Å². The minimum absolute atomic E-state index is 0.0780. The van der Waals surface area contributed by atoms with E-state index in [1.165, 1.54) is 0 Å². The Morgan fingerprint density at radius 3 is 2.32 bits per heavy atom. The molecule has 3 aromatic carbocycles. The van der Waals surface area contributed by atoms with Crippen LogP contribution in [0.3, 0.4) is 0 Å². The Morgan fingerprint density at radius 1 is 0.929 bits per heavy atom. The average molecular weight is 391 g/mol. The third-order valence-electron chi connectivity index (χ3n) is 4.96. The summed E-state index contributed by atoms with van der Waals surface area (Å²) in [7, 11) is 0. The van der Waals surface area contributed by atoms with Crippen molar-refractivity contribution < 1.29 is 9.90 Å². The van der Waals surface area contributed by atoms with Crippen LogP contribution in [0.15, 0.2) is 76.5 Å². The standard InChI is InChI=1S/C23H22N2O2S/c1-3-24(4-2)17-11-9-16(10-12-17)23(27)25-19-7-5-6-8-21(19)28-22-15-18(26)13-14-20(22)25/h5-15,26H,3-4H2,1-2H3. The molecule has 28 heavy (non-hydrogen) atoms. The van der Waals surface area contributed by atoms with Crippen molar-refractivity contribution in [3.8, 4) is 5.75 Å². The number of carbonyl (C=O) groups is 1. The van der Waals surface area contributed by atoms with Gasteiger partial charge in [0, 0.05) is 34.1 Å². The molecule has 142 valence electrons. The van der Waals surface area contributed by atoms with Gasteiger partial charge in [-0.1, -0.05) is 23.9 Å². The van der Waals surface area contributed by atoms with Crippen LogP contribution in [0.25, 0.3) is 0 Å². The fourth-order valence-corrected chi connectivity index (χ4v) is 4.59. The van der Waals surface area contributed by atoms with Crippen LogP contribution in [0.2, 0.25) is 0 Å². The largest absolute Gasteiger partial charge is 0.508 e. The summed E-state index contributed by atoms with van der Waals surface area (Å²) in [5.74, 6) is 0.118. The molecule has 4 nitrogen and oxygen atoms in total. The van der Waals surface area contributed by atoms with Crippen LogP contribution >= 0.6 is 11.8 Å². The normalized spacial score (nSPS) is 12.3. The summed E-state index contributed by atoms with van der Waals surface area (Å²) in [6.07, 6.45) is 0. The van der Waals surface area contributed by atoms with Crippen LogP contribution in [0.4, 0.5) is 17.1 Å². The number of para-hydroxylation sites is 1. The molecule has 0 unspecified atom stereocenters. The summed E-state index contributed by atoms with van der Waals surface area (Å²) in [4.78, 5) is 19.3. The Labute approximate surface area is 169 Å². The van der Waals surface area contributed by atoms with E-state index >= 15 is 0 Å². The number of nitrogens with zero attached hydrogens (tertiary/aromatic N) is 2. The summed E-state index contributed by atoms with van der Waals surface area (Å²) in [6, 6.07) is 20.8. The van der Waals surface area contributed by atoms with Gasteiger partial charge < -0.3 is 10.0 Å². The van der Waals surface area contributed by atoms with Crippen molar-refractivity contribution in [1.82, 2.24) is 0 Å². The Kier molecular flexibility index (Phi) is 5.01. The summed E-state index contributed by atoms with van der Waals surface area (Å²) >= 11 is 1.56. The summed E-state index contributed by atoms with van der Waals surface area (Å²) in [5, 5.41) is 9.89. The molecule has 0 radical (unpaired) electrons. The van der Waals surface area contributed by atoms with Crippen molar-refractivity contribution in [1.29, 1.82) is 0 Å². The Balaban J connectivity index is 1.75. The monoisotopic (exact) mass is 390 g/mol. The van der Waals surface area contributed by atoms with Crippen LogP contribution in [-0.2, 0) is 0 Å². The molecule has 0 spiro atoms. The van der Waals surface area contributed by atoms with Gasteiger partial charge in [0.2, 0.25) is 0 Å². The number of aromatic hydroxyl groups is 1. The zero-order valence-corrected chi connectivity index (χ0v) is 16.7. The lowest BCUT2D eigenvalue weighted by molar-refractivity contribution is 0.0998. The van der Waals surface area contributed by atoms with E-state index in [-0.39, 0.29) is 11.7 Å². The number of phenolic OH excluding ortho intramolecular Hbond substituents is 1. The lowest BCUT2D eigenvalue weighted by Gasteiger charge is -2.31. The van der Waals surface area contributed by atoms with Crippen LogP contribution in [0, 0.1) is 0 Å². The maximum atomic E-state index is 13.5. The Hall–Kier alpha value is -2.92. The van der Waals surface area contributed by atoms with Gasteiger partial charge in [0.1, 0.15) is 5.75 Å². The highest BCUT2D eigenvalue weighted by Crippen LogP contribution is 2.49. The Morgan fingerprint density at radius 2 is 1.61 bits per heavy atom. The van der Waals surface area contributed by atoms with Gasteiger partial charge in [-0.2, -0.15) is 0 Å². The summed E-state index contributed by atoms with van der Waals surface area (Å²) in [6.45, 7) is 6.10. The molecule has 0 bridgehead atoms. The number of carbonyl (C=O) groups excluding carboxylic acids is 1. The van der Waals surface area contributed by atoms with Gasteiger partial charge in [-0.3, -0.25) is 9.69 Å². The van der Waals surface area contributed by atoms with Crippen LogP contribution in [0.5, 0.6) is 5.75 Å². The molecule has 4 rings (SSSR count). The van der Waals surface area contributed by atoms with E-state index in [0.29, 0.717) is 5.56 Å². The third kappa shape index (κ3) is 3.22. The molecule has 0 atom stereocenters. The van der Waals surface area contributed by atoms with Gasteiger partial charge in [0.25, 0.3) is 5.91 Å². The van der Waals surface area contributed by atoms with Gasteiger partial charge in [0.05, 0.1) is 11.4 Å². The fourth-order valence-electron chi connectivity index (χ4n) is 3.50. The lowest BCUT2D eigenvalue weighted by Crippen LogP contribution is -2.28. The third-order valence-corrected chi connectivity index (χ3v) is 6.07. The first-order chi connectivity index (χ1) is 13.6. The molecular formula is C23H22N2O2S. The van der Waals surface area contributed by atoms with Crippen molar-refractivity contribution >= 4 is 34.7 Å². The van der Waals surface area contributed by atoms with Crippen molar-refractivity contribution in [3.63, 3.8) is 0 Å². The number of phenols is 1. The highest BCUT2D eigenvalue weighted by Gasteiger charge is 2.29. The number of hydrogen-bond donors (Lipinski definition) is 1. The molecule has 3 aromatic rings. The maximum Gasteiger partial charge on any atom is 0.262 e. The van der Waals surface area contributed by atoms with Gasteiger partial charge in [-0.15, -0.1) is 0 Å². The summed E-state index contributed by atoms with van der Waals surface area (Å²) < 4.78 is 0. The molecule has 0 aliphatic carbocycles. The number of amides is 1. The predicted molar refractivity (Wildman–Crippen MR) is 115 cm³/mol. The maximum absolute atomic E-state index is 13.5. The van der Waals surface area contributed by atoms with Gasteiger partial charge in [0.15, 0.2) is 0 Å². The smallest absolute Gasteiger partial charge is 0.262 e. The number of benzene rings is 3. The minimum atomic E-state index is -0.0780. The van der Waals surface area contributed by atoms with E-state index < -0.39 is 0 Å². The van der Waals surface area contributed by atoms with E-state index in [4.69, 9.17) is 0 Å². The number of rotatable bonds is 4. The molecule has 1 aliphatic rings. The molecule has 5 heteroatoms. The minimum Gasteiger partial charge on any atom is -0.508 e. The predicted octanol–water partition coefficient (Wildman–Crippen LogP) is 5.68. The van der Waals surface area contributed by atoms with Crippen molar-refractivity contribution in [2.45, 2.75) is 23.6 Å². The fraction of sp³-hybridized carbons (Fsp3) is 0.174. The van der Waals surface area contributed by atoms with Crippen molar-refractivity contribution in [2.24, 2.45) is 0 Å². The molecule has 0 saturated heterocycles. The van der Waals surface area contributed by atoms with E-state index in [2.05, 4.69) is 18.7 Å². The zero-order valence-electron chi connectivity index (χ0n) is 15.9. The highest BCUT2D eigenvalue weighted by molar-refractivity contribution is 7.99. The zero-order chi connectivity index (χ0) is 19.7. The van der Waals surface area contributed by atoms with Gasteiger partial charge >= 0.3 is 0 Å². The van der Waals surface area contributed by atoms with E-state index in [1.807, 2.05) is 48.5 Å². The van der Waals surface area contributed by atoms with Crippen molar-refractivity contribution in [2.75, 3.05) is 22.9 Å². The number of hydrogen-bond acceptors (Lipinski definition) is 4. The van der Waals surface area contributed by atoms with E-state index in [0.717, 1.165) is 39.9 Å². The first kappa shape index (κ1) is 18.4. The van der Waals surface area contributed by atoms with E-state index in [1.54, 1.807) is 34.9 Å². The second kappa shape index (κ2) is 7.60. The molecule has 1 N–H and O–H groups in total. The second-order valence-corrected chi connectivity index (χ2v) is 7.67. The number of fused-ring (bicyclic) bond motifs is 2. The molecular weight excluding hydrogens is 368 g/mol. The first-order valence-electron chi connectivity index (χ1n) is 9.41. The van der Waals surface area contributed by atoms with Gasteiger partial charge in [-0.25, -0.2) is 0 Å². The average Bonchev–Trinajstić information content (AvgIpc) is 2.73. The molecule has 0 saturated carbocycles. The first-order valence-corrected chi connectivity index (χ1v) is 10.2.